The van der Waals surface area contributed by atoms with Crippen LogP contribution in [0.1, 0.15) is 19.3 Å². The molecule has 0 heterocycles. The third-order valence-electron chi connectivity index (χ3n) is 1.68. The highest BCUT2D eigenvalue weighted by atomic mass is 32.2. The summed E-state index contributed by atoms with van der Waals surface area (Å²) in [5, 5.41) is 0. The minimum Gasteiger partial charge on any atom is -0.392 e. The molecule has 0 radical (unpaired) electrons. The van der Waals surface area contributed by atoms with Gasteiger partial charge in [0, 0.05) is 20.3 Å². The smallest absolute Gasteiger partial charge is 0.218 e. The molecule has 0 aliphatic heterocycles. The molecule has 0 bridgehead atoms. The number of nitrogens with two attached hydrogens (primary N) is 1. The van der Waals surface area contributed by atoms with Crippen LogP contribution in [0.4, 0.5) is 0 Å². The number of unbranched alkanes of at least 4 members (excludes halogenated alkanes) is 2. The number of hydrogen-bond acceptors (Lipinski definition) is 4. The molecule has 90 valence electrons. The van der Waals surface area contributed by atoms with Gasteiger partial charge in [0.25, 0.3) is 0 Å². The Morgan fingerprint density at radius 3 is 2.60 bits per heavy atom. The van der Waals surface area contributed by atoms with Crippen LogP contribution in [0.25, 0.3) is 0 Å². The highest BCUT2D eigenvalue weighted by molar-refractivity contribution is 7.92. The van der Waals surface area contributed by atoms with Gasteiger partial charge in [0.15, 0.2) is 0 Å². The predicted molar refractivity (Wildman–Crippen MR) is 64.3 cm³/mol. The normalized spacial score (nSPS) is 11.5. The van der Waals surface area contributed by atoms with E-state index in [-0.39, 0.29) is 10.7 Å². The monoisotopic (exact) mass is 254 g/mol. The van der Waals surface area contributed by atoms with Crippen LogP contribution in [-0.2, 0) is 14.8 Å². The lowest BCUT2D eigenvalue weighted by atomic mass is 10.2. The number of sulfonamides is 1. The molecule has 0 spiro atoms. The summed E-state index contributed by atoms with van der Waals surface area (Å²) in [5.41, 5.74) is 5.14. The third kappa shape index (κ3) is 10.1. The average Bonchev–Trinajstić information content (AvgIpc) is 2.08. The molecule has 0 aliphatic carbocycles. The Morgan fingerprint density at radius 1 is 1.40 bits per heavy atom. The summed E-state index contributed by atoms with van der Waals surface area (Å²) in [6, 6.07) is 0. The number of ether oxygens (including phenoxy) is 1. The van der Waals surface area contributed by atoms with Gasteiger partial charge in [0.2, 0.25) is 10.0 Å². The van der Waals surface area contributed by atoms with Gasteiger partial charge in [-0.15, -0.1) is 0 Å². The maximum atomic E-state index is 11.2. The van der Waals surface area contributed by atoms with Crippen molar-refractivity contribution in [1.29, 1.82) is 0 Å². The topological polar surface area (TPSA) is 81.4 Å². The lowest BCUT2D eigenvalue weighted by Crippen LogP contribution is -2.32. The fourth-order valence-electron chi connectivity index (χ4n) is 1.01. The van der Waals surface area contributed by atoms with Gasteiger partial charge >= 0.3 is 0 Å². The molecule has 0 fully saturated rings. The zero-order valence-corrected chi connectivity index (χ0v) is 10.5. The summed E-state index contributed by atoms with van der Waals surface area (Å²) < 4.78 is 29.8. The minimum atomic E-state index is -3.32. The molecule has 15 heavy (non-hydrogen) atoms. The highest BCUT2D eigenvalue weighted by Crippen LogP contribution is 1.95. The molecule has 0 aromatic carbocycles. The minimum absolute atomic E-state index is 0.0121. The SMILES string of the molecule is COCCCCCNS(=O)(=O)CC(N)=S. The Morgan fingerprint density at radius 2 is 2.07 bits per heavy atom. The van der Waals surface area contributed by atoms with E-state index in [0.29, 0.717) is 13.2 Å². The van der Waals surface area contributed by atoms with Crippen LogP contribution < -0.4 is 10.5 Å². The van der Waals surface area contributed by atoms with Crippen LogP contribution in [0, 0.1) is 0 Å². The second kappa shape index (κ2) is 7.98. The van der Waals surface area contributed by atoms with Gasteiger partial charge in [-0.05, 0) is 19.3 Å². The van der Waals surface area contributed by atoms with Gasteiger partial charge in [-0.1, -0.05) is 12.2 Å². The van der Waals surface area contributed by atoms with Gasteiger partial charge in [0.1, 0.15) is 5.75 Å². The van der Waals surface area contributed by atoms with E-state index in [4.69, 9.17) is 10.5 Å². The number of thiocarbonyl (C=S) groups is 1. The Hall–Kier alpha value is -0.240. The van der Waals surface area contributed by atoms with E-state index in [1.807, 2.05) is 0 Å². The van der Waals surface area contributed by atoms with Crippen LogP contribution in [0.5, 0.6) is 0 Å². The van der Waals surface area contributed by atoms with E-state index < -0.39 is 10.0 Å². The van der Waals surface area contributed by atoms with Crippen molar-refractivity contribution in [3.63, 3.8) is 0 Å². The molecule has 0 unspecified atom stereocenters. The average molecular weight is 254 g/mol. The molecule has 0 rings (SSSR count). The Balaban J connectivity index is 3.54. The van der Waals surface area contributed by atoms with Crippen LogP contribution in [-0.4, -0.2) is 39.4 Å². The van der Waals surface area contributed by atoms with E-state index in [1.54, 1.807) is 7.11 Å². The van der Waals surface area contributed by atoms with Crippen molar-refractivity contribution in [2.45, 2.75) is 19.3 Å². The molecule has 0 amide bonds. The predicted octanol–water partition coefficient (Wildman–Crippen LogP) is 0.00860. The first-order valence-corrected chi connectivity index (χ1v) is 6.78. The highest BCUT2D eigenvalue weighted by Gasteiger charge is 2.10. The van der Waals surface area contributed by atoms with E-state index in [2.05, 4.69) is 16.9 Å². The lowest BCUT2D eigenvalue weighted by Gasteiger charge is -2.05. The molecule has 5 nitrogen and oxygen atoms in total. The van der Waals surface area contributed by atoms with Crippen molar-refractivity contribution in [3.05, 3.63) is 0 Å². The summed E-state index contributed by atoms with van der Waals surface area (Å²) in [6.07, 6.45) is 2.66. The quantitative estimate of drug-likeness (QED) is 0.447. The summed E-state index contributed by atoms with van der Waals surface area (Å²) in [6.45, 7) is 1.13. The number of nitrogens with one attached hydrogen (secondary N) is 1. The van der Waals surface area contributed by atoms with Crippen molar-refractivity contribution in [3.8, 4) is 0 Å². The van der Waals surface area contributed by atoms with Gasteiger partial charge in [-0.2, -0.15) is 0 Å². The molecular weight excluding hydrogens is 236 g/mol. The largest absolute Gasteiger partial charge is 0.392 e. The molecule has 0 aliphatic rings. The van der Waals surface area contributed by atoms with E-state index in [0.717, 1.165) is 19.3 Å². The zero-order chi connectivity index (χ0) is 11.7. The second-order valence-corrected chi connectivity index (χ2v) is 5.50. The van der Waals surface area contributed by atoms with Crippen LogP contribution in [0.2, 0.25) is 0 Å². The van der Waals surface area contributed by atoms with Gasteiger partial charge in [-0.3, -0.25) is 0 Å². The molecule has 0 aromatic heterocycles. The maximum Gasteiger partial charge on any atom is 0.218 e. The summed E-state index contributed by atoms with van der Waals surface area (Å²) in [5.74, 6) is -0.277. The van der Waals surface area contributed by atoms with E-state index >= 15 is 0 Å². The Labute approximate surface area is 96.4 Å². The molecule has 3 N–H and O–H groups in total. The number of methoxy groups -OCH3 is 1. The Kier molecular flexibility index (Phi) is 7.85. The third-order valence-corrected chi connectivity index (χ3v) is 3.34. The van der Waals surface area contributed by atoms with Crippen molar-refractivity contribution < 1.29 is 13.2 Å². The molecule has 7 heteroatoms. The maximum absolute atomic E-state index is 11.2. The fourth-order valence-corrected chi connectivity index (χ4v) is 2.41. The van der Waals surface area contributed by atoms with Gasteiger partial charge in [-0.25, -0.2) is 13.1 Å². The standard InChI is InChI=1S/C8H18N2O3S2/c1-13-6-4-2-3-5-10-15(11,12)7-8(9)14/h10H,2-7H2,1H3,(H2,9,14). The first-order valence-electron chi connectivity index (χ1n) is 4.72. The molecular formula is C8H18N2O3S2. The molecule has 0 saturated heterocycles. The van der Waals surface area contributed by atoms with Crippen molar-refractivity contribution in [2.24, 2.45) is 5.73 Å². The summed E-state index contributed by atoms with van der Waals surface area (Å²) in [7, 11) is -1.68. The molecule has 0 aromatic rings. The zero-order valence-electron chi connectivity index (χ0n) is 8.86. The summed E-state index contributed by atoms with van der Waals surface area (Å²) in [4.78, 5) is -0.0121. The van der Waals surface area contributed by atoms with Crippen molar-refractivity contribution in [2.75, 3.05) is 26.0 Å². The van der Waals surface area contributed by atoms with Crippen LogP contribution >= 0.6 is 12.2 Å². The van der Waals surface area contributed by atoms with E-state index in [9.17, 15) is 8.42 Å². The number of rotatable bonds is 9. The van der Waals surface area contributed by atoms with Crippen molar-refractivity contribution in [1.82, 2.24) is 4.72 Å². The van der Waals surface area contributed by atoms with Crippen LogP contribution in [0.3, 0.4) is 0 Å². The Bertz CT molecular complexity index is 278. The summed E-state index contributed by atoms with van der Waals surface area (Å²) >= 11 is 4.52. The fraction of sp³-hybridized carbons (Fsp3) is 0.875. The second-order valence-electron chi connectivity index (χ2n) is 3.17. The lowest BCUT2D eigenvalue weighted by molar-refractivity contribution is 0.192. The first-order chi connectivity index (χ1) is 6.98. The van der Waals surface area contributed by atoms with Crippen LogP contribution in [0.15, 0.2) is 0 Å². The van der Waals surface area contributed by atoms with Gasteiger partial charge in [0.05, 0.1) is 4.99 Å². The molecule has 0 atom stereocenters. The van der Waals surface area contributed by atoms with Crippen molar-refractivity contribution >= 4 is 27.2 Å². The van der Waals surface area contributed by atoms with E-state index in [1.165, 1.54) is 0 Å². The molecule has 0 saturated carbocycles. The number of hydrogen-bond donors (Lipinski definition) is 2. The first kappa shape index (κ1) is 14.8. The van der Waals surface area contributed by atoms with Gasteiger partial charge < -0.3 is 10.5 Å².